The molecule has 0 aliphatic rings. The van der Waals surface area contributed by atoms with Gasteiger partial charge in [0.05, 0.1) is 17.8 Å². The van der Waals surface area contributed by atoms with E-state index in [1.807, 2.05) is 31.6 Å². The van der Waals surface area contributed by atoms with E-state index in [9.17, 15) is 4.79 Å². The molecular weight excluding hydrogens is 316 g/mol. The van der Waals surface area contributed by atoms with Gasteiger partial charge in [-0.25, -0.2) is 4.79 Å². The Morgan fingerprint density at radius 2 is 2.16 bits per heavy atom. The largest absolute Gasteiger partial charge is 0.444 e. The number of aryl methyl sites for hydroxylation is 1. The highest BCUT2D eigenvalue weighted by Gasteiger charge is 2.15. The van der Waals surface area contributed by atoms with E-state index in [1.165, 1.54) is 6.08 Å². The van der Waals surface area contributed by atoms with Gasteiger partial charge in [0.2, 0.25) is 0 Å². The Morgan fingerprint density at radius 3 is 2.72 bits per heavy atom. The van der Waals surface area contributed by atoms with Gasteiger partial charge in [0.1, 0.15) is 5.60 Å². The number of allylic oxidation sites excluding steroid dienone is 4. The van der Waals surface area contributed by atoms with E-state index < -0.39 is 11.7 Å². The molecule has 1 N–H and O–H groups in total. The number of nitriles is 1. The molecule has 6 heteroatoms. The van der Waals surface area contributed by atoms with Crippen molar-refractivity contribution < 1.29 is 9.53 Å². The maximum Gasteiger partial charge on any atom is 0.407 e. The predicted octanol–water partition coefficient (Wildman–Crippen LogP) is 3.53. The van der Waals surface area contributed by atoms with E-state index in [0.717, 1.165) is 17.6 Å². The highest BCUT2D eigenvalue weighted by molar-refractivity contribution is 5.67. The summed E-state index contributed by atoms with van der Waals surface area (Å²) in [5, 5.41) is 16.1. The Balaban J connectivity index is 2.48. The average molecular weight is 342 g/mol. The van der Waals surface area contributed by atoms with Gasteiger partial charge in [-0.05, 0) is 38.3 Å². The molecule has 0 aromatic carbocycles. The van der Waals surface area contributed by atoms with Crippen molar-refractivity contribution in [3.05, 3.63) is 54.4 Å². The summed E-state index contributed by atoms with van der Waals surface area (Å²) in [6.45, 7) is 14.1. The molecule has 0 aliphatic heterocycles. The zero-order chi connectivity index (χ0) is 18.9. The van der Waals surface area contributed by atoms with Crippen LogP contribution in [0.4, 0.5) is 4.79 Å². The highest BCUT2D eigenvalue weighted by atomic mass is 16.6. The third kappa shape index (κ3) is 7.53. The third-order valence-electron chi connectivity index (χ3n) is 3.23. The number of rotatable bonds is 8. The molecule has 0 radical (unpaired) electrons. The average Bonchev–Trinajstić information content (AvgIpc) is 2.97. The summed E-state index contributed by atoms with van der Waals surface area (Å²) >= 11 is 0. The number of carbonyl (C=O) groups is 1. The molecule has 134 valence electrons. The molecule has 0 unspecified atom stereocenters. The lowest BCUT2D eigenvalue weighted by molar-refractivity contribution is 0.0526. The van der Waals surface area contributed by atoms with E-state index in [1.54, 1.807) is 12.3 Å². The molecule has 1 rings (SSSR count). The lowest BCUT2D eigenvalue weighted by Gasteiger charge is -2.19. The SMILES string of the molecule is C=C/C(C#N)=C(\C=C)Cc1cnn(CCCNC(=O)OC(C)(C)C)c1. The molecule has 1 aromatic rings. The minimum Gasteiger partial charge on any atom is -0.444 e. The zero-order valence-electron chi connectivity index (χ0n) is 15.2. The number of hydrogen-bond acceptors (Lipinski definition) is 4. The first-order chi connectivity index (χ1) is 11.8. The topological polar surface area (TPSA) is 79.9 Å². The van der Waals surface area contributed by atoms with Crippen LogP contribution in [-0.2, 0) is 17.7 Å². The third-order valence-corrected chi connectivity index (χ3v) is 3.23. The summed E-state index contributed by atoms with van der Waals surface area (Å²) in [4.78, 5) is 11.5. The summed E-state index contributed by atoms with van der Waals surface area (Å²) in [7, 11) is 0. The molecule has 0 aliphatic carbocycles. The van der Waals surface area contributed by atoms with Crippen LogP contribution in [0.3, 0.4) is 0 Å². The first-order valence-electron chi connectivity index (χ1n) is 8.15. The summed E-state index contributed by atoms with van der Waals surface area (Å²) in [5.74, 6) is 0. The Kier molecular flexibility index (Phi) is 7.67. The van der Waals surface area contributed by atoms with Gasteiger partial charge >= 0.3 is 6.09 Å². The minimum atomic E-state index is -0.495. The minimum absolute atomic E-state index is 0.414. The number of aromatic nitrogens is 2. The van der Waals surface area contributed by atoms with Gasteiger partial charge < -0.3 is 10.1 Å². The van der Waals surface area contributed by atoms with Crippen molar-refractivity contribution in [2.24, 2.45) is 0 Å². The van der Waals surface area contributed by atoms with Crippen molar-refractivity contribution in [3.63, 3.8) is 0 Å². The zero-order valence-corrected chi connectivity index (χ0v) is 15.2. The molecule has 0 fully saturated rings. The van der Waals surface area contributed by atoms with Gasteiger partial charge in [-0.2, -0.15) is 10.4 Å². The second kappa shape index (κ2) is 9.48. The van der Waals surface area contributed by atoms with Crippen LogP contribution in [-0.4, -0.2) is 28.0 Å². The van der Waals surface area contributed by atoms with Crippen LogP contribution < -0.4 is 5.32 Å². The molecule has 0 saturated carbocycles. The van der Waals surface area contributed by atoms with E-state index in [4.69, 9.17) is 10.00 Å². The molecule has 0 spiro atoms. The molecule has 0 saturated heterocycles. The molecule has 0 bridgehead atoms. The highest BCUT2D eigenvalue weighted by Crippen LogP contribution is 2.13. The van der Waals surface area contributed by atoms with Crippen LogP contribution in [0.1, 0.15) is 32.8 Å². The molecule has 6 nitrogen and oxygen atoms in total. The van der Waals surface area contributed by atoms with Crippen LogP contribution in [0.15, 0.2) is 48.8 Å². The summed E-state index contributed by atoms with van der Waals surface area (Å²) < 4.78 is 6.98. The van der Waals surface area contributed by atoms with Crippen molar-refractivity contribution in [1.82, 2.24) is 15.1 Å². The van der Waals surface area contributed by atoms with Crippen LogP contribution in [0.25, 0.3) is 0 Å². The maximum atomic E-state index is 11.5. The monoisotopic (exact) mass is 342 g/mol. The number of hydrogen-bond donors (Lipinski definition) is 1. The van der Waals surface area contributed by atoms with E-state index in [0.29, 0.717) is 25.1 Å². The summed E-state index contributed by atoms with van der Waals surface area (Å²) in [6, 6.07) is 2.11. The molecule has 1 aromatic heterocycles. The first-order valence-corrected chi connectivity index (χ1v) is 8.15. The molecule has 0 atom stereocenters. The van der Waals surface area contributed by atoms with Crippen molar-refractivity contribution in [2.45, 2.75) is 45.8 Å². The normalized spacial score (nSPS) is 11.9. The Labute approximate surface area is 149 Å². The molecule has 1 heterocycles. The Bertz CT molecular complexity index is 687. The summed E-state index contributed by atoms with van der Waals surface area (Å²) in [5.41, 5.74) is 1.84. The second-order valence-electron chi connectivity index (χ2n) is 6.53. The standard InChI is InChI=1S/C19H26N4O2/c1-6-16(17(7-2)12-20)11-15-13-22-23(14-15)10-8-9-21-18(24)25-19(3,4)5/h6-7,13-14H,1-2,8-11H2,3-5H3,(H,21,24)/b17-16-. The van der Waals surface area contributed by atoms with Gasteiger partial charge in [0.15, 0.2) is 0 Å². The lowest BCUT2D eigenvalue weighted by Crippen LogP contribution is -2.33. The van der Waals surface area contributed by atoms with Crippen LogP contribution in [0.5, 0.6) is 0 Å². The van der Waals surface area contributed by atoms with Crippen molar-refractivity contribution in [3.8, 4) is 6.07 Å². The van der Waals surface area contributed by atoms with Crippen LogP contribution in [0, 0.1) is 11.3 Å². The number of ether oxygens (including phenoxy) is 1. The van der Waals surface area contributed by atoms with Crippen LogP contribution in [0.2, 0.25) is 0 Å². The van der Waals surface area contributed by atoms with Crippen molar-refractivity contribution in [2.75, 3.05) is 6.54 Å². The Morgan fingerprint density at radius 1 is 1.44 bits per heavy atom. The fourth-order valence-electron chi connectivity index (χ4n) is 2.11. The Hall–Kier alpha value is -2.81. The van der Waals surface area contributed by atoms with E-state index in [2.05, 4.69) is 29.6 Å². The molecule has 25 heavy (non-hydrogen) atoms. The van der Waals surface area contributed by atoms with Crippen molar-refractivity contribution >= 4 is 6.09 Å². The predicted molar refractivity (Wildman–Crippen MR) is 97.8 cm³/mol. The van der Waals surface area contributed by atoms with E-state index >= 15 is 0 Å². The van der Waals surface area contributed by atoms with Gasteiger partial charge in [0, 0.05) is 25.7 Å². The number of amides is 1. The maximum absolute atomic E-state index is 11.5. The van der Waals surface area contributed by atoms with Gasteiger partial charge in [-0.15, -0.1) is 0 Å². The number of nitrogens with one attached hydrogen (secondary N) is 1. The first kappa shape index (κ1) is 20.2. The van der Waals surface area contributed by atoms with E-state index in [-0.39, 0.29) is 0 Å². The fourth-order valence-corrected chi connectivity index (χ4v) is 2.11. The van der Waals surface area contributed by atoms with Gasteiger partial charge in [-0.1, -0.05) is 25.3 Å². The summed E-state index contributed by atoms with van der Waals surface area (Å²) in [6.07, 6.45) is 7.79. The molecule has 1 amide bonds. The fraction of sp³-hybridized carbons (Fsp3) is 0.421. The van der Waals surface area contributed by atoms with Gasteiger partial charge in [-0.3, -0.25) is 4.68 Å². The smallest absolute Gasteiger partial charge is 0.407 e. The van der Waals surface area contributed by atoms with Gasteiger partial charge in [0.25, 0.3) is 0 Å². The number of alkyl carbamates (subject to hydrolysis) is 1. The van der Waals surface area contributed by atoms with Crippen molar-refractivity contribution in [1.29, 1.82) is 5.26 Å². The number of nitrogens with zero attached hydrogens (tertiary/aromatic N) is 3. The second-order valence-corrected chi connectivity index (χ2v) is 6.53. The van der Waals surface area contributed by atoms with Crippen LogP contribution >= 0.6 is 0 Å². The quantitative estimate of drug-likeness (QED) is 0.445. The molecular formula is C19H26N4O2. The lowest BCUT2D eigenvalue weighted by atomic mass is 10.0. The number of carbonyl (C=O) groups excluding carboxylic acids is 1.